The van der Waals surface area contributed by atoms with Crippen LogP contribution in [-0.2, 0) is 17.6 Å². The molecule has 2 saturated carbocycles. The zero-order chi connectivity index (χ0) is 18.1. The van der Waals surface area contributed by atoms with Crippen molar-refractivity contribution < 1.29 is 9.13 Å². The second kappa shape index (κ2) is 8.00. The molecule has 2 fully saturated rings. The predicted octanol–water partition coefficient (Wildman–Crippen LogP) is 6.43. The van der Waals surface area contributed by atoms with Crippen molar-refractivity contribution in [2.24, 2.45) is 17.8 Å². The van der Waals surface area contributed by atoms with E-state index in [0.717, 1.165) is 61.7 Å². The van der Waals surface area contributed by atoms with Crippen LogP contribution in [0.1, 0.15) is 87.8 Å². The van der Waals surface area contributed by atoms with E-state index in [4.69, 9.17) is 4.74 Å². The van der Waals surface area contributed by atoms with Crippen molar-refractivity contribution in [3.05, 3.63) is 34.6 Å². The summed E-state index contributed by atoms with van der Waals surface area (Å²) in [5.41, 5.74) is 3.34. The SMILES string of the molecule is CCCOC1CCC2CC(c3ccc4c(c3F)CCC(C)C4)CCC2C1. The monoisotopic (exact) mass is 358 g/mol. The van der Waals surface area contributed by atoms with E-state index in [-0.39, 0.29) is 5.82 Å². The van der Waals surface area contributed by atoms with E-state index >= 15 is 4.39 Å². The molecule has 0 saturated heterocycles. The topological polar surface area (TPSA) is 9.23 Å². The molecule has 0 aliphatic heterocycles. The van der Waals surface area contributed by atoms with Gasteiger partial charge >= 0.3 is 0 Å². The number of hydrogen-bond donors (Lipinski definition) is 0. The fourth-order valence-electron chi connectivity index (χ4n) is 5.89. The lowest BCUT2D eigenvalue weighted by atomic mass is 9.65. The number of ether oxygens (including phenoxy) is 1. The molecule has 3 aliphatic carbocycles. The third-order valence-electron chi connectivity index (χ3n) is 7.39. The summed E-state index contributed by atoms with van der Waals surface area (Å²) >= 11 is 0. The van der Waals surface area contributed by atoms with Crippen LogP contribution in [0.25, 0.3) is 0 Å². The van der Waals surface area contributed by atoms with E-state index in [1.54, 1.807) is 0 Å². The minimum atomic E-state index is 0.151. The highest BCUT2D eigenvalue weighted by molar-refractivity contribution is 5.38. The Labute approximate surface area is 158 Å². The summed E-state index contributed by atoms with van der Waals surface area (Å²) in [4.78, 5) is 0. The smallest absolute Gasteiger partial charge is 0.130 e. The third kappa shape index (κ3) is 3.72. The van der Waals surface area contributed by atoms with Crippen LogP contribution in [0.3, 0.4) is 0 Å². The van der Waals surface area contributed by atoms with Gasteiger partial charge in [-0.3, -0.25) is 0 Å². The zero-order valence-electron chi connectivity index (χ0n) is 16.6. The molecule has 0 N–H and O–H groups in total. The summed E-state index contributed by atoms with van der Waals surface area (Å²) in [5, 5.41) is 0. The summed E-state index contributed by atoms with van der Waals surface area (Å²) in [6, 6.07) is 4.37. The molecular formula is C24H35FO. The molecular weight excluding hydrogens is 323 g/mol. The second-order valence-corrected chi connectivity index (χ2v) is 9.29. The molecule has 1 nitrogen and oxygen atoms in total. The van der Waals surface area contributed by atoms with Gasteiger partial charge in [0.25, 0.3) is 0 Å². The Morgan fingerprint density at radius 1 is 1.04 bits per heavy atom. The lowest BCUT2D eigenvalue weighted by molar-refractivity contribution is -0.0148. The minimum Gasteiger partial charge on any atom is -0.378 e. The Bertz CT molecular complexity index is 625. The Morgan fingerprint density at radius 2 is 1.85 bits per heavy atom. The number of benzene rings is 1. The molecule has 1 aromatic rings. The standard InChI is InChI=1S/C24H35FO/c1-3-12-26-21-9-7-17-14-20(6-5-18(17)15-21)23-11-8-19-13-16(2)4-10-22(19)24(23)25/h8,11,16-18,20-21H,3-7,9-10,12-15H2,1-2H3. The van der Waals surface area contributed by atoms with E-state index in [2.05, 4.69) is 26.0 Å². The van der Waals surface area contributed by atoms with Gasteiger partial charge in [-0.25, -0.2) is 4.39 Å². The summed E-state index contributed by atoms with van der Waals surface area (Å²) in [7, 11) is 0. The van der Waals surface area contributed by atoms with Crippen LogP contribution in [0.2, 0.25) is 0 Å². The van der Waals surface area contributed by atoms with Crippen molar-refractivity contribution in [3.63, 3.8) is 0 Å². The van der Waals surface area contributed by atoms with E-state index in [9.17, 15) is 0 Å². The van der Waals surface area contributed by atoms with Crippen LogP contribution in [0.15, 0.2) is 12.1 Å². The fraction of sp³-hybridized carbons (Fsp3) is 0.750. The zero-order valence-corrected chi connectivity index (χ0v) is 16.6. The lowest BCUT2D eigenvalue weighted by Crippen LogP contribution is -2.34. The average Bonchev–Trinajstić information content (AvgIpc) is 2.66. The Kier molecular flexibility index (Phi) is 5.69. The van der Waals surface area contributed by atoms with E-state index in [0.29, 0.717) is 17.9 Å². The van der Waals surface area contributed by atoms with Crippen molar-refractivity contribution in [2.75, 3.05) is 6.61 Å². The highest BCUT2D eigenvalue weighted by atomic mass is 19.1. The van der Waals surface area contributed by atoms with Gasteiger partial charge < -0.3 is 4.74 Å². The van der Waals surface area contributed by atoms with Gasteiger partial charge in [-0.1, -0.05) is 26.0 Å². The van der Waals surface area contributed by atoms with Gasteiger partial charge in [-0.15, -0.1) is 0 Å². The first kappa shape index (κ1) is 18.5. The molecule has 4 rings (SSSR count). The highest BCUT2D eigenvalue weighted by Crippen LogP contribution is 2.47. The number of halogens is 1. The van der Waals surface area contributed by atoms with Crippen molar-refractivity contribution in [1.82, 2.24) is 0 Å². The Morgan fingerprint density at radius 3 is 2.69 bits per heavy atom. The average molecular weight is 359 g/mol. The molecule has 5 unspecified atom stereocenters. The predicted molar refractivity (Wildman–Crippen MR) is 105 cm³/mol. The molecule has 1 aromatic carbocycles. The summed E-state index contributed by atoms with van der Waals surface area (Å²) < 4.78 is 21.3. The summed E-state index contributed by atoms with van der Waals surface area (Å²) in [6.45, 7) is 5.38. The van der Waals surface area contributed by atoms with Crippen LogP contribution in [-0.4, -0.2) is 12.7 Å². The highest BCUT2D eigenvalue weighted by Gasteiger charge is 2.37. The van der Waals surface area contributed by atoms with Gasteiger partial charge in [-0.2, -0.15) is 0 Å². The first-order chi connectivity index (χ1) is 12.7. The van der Waals surface area contributed by atoms with E-state index in [1.807, 2.05) is 0 Å². The lowest BCUT2D eigenvalue weighted by Gasteiger charge is -2.42. The van der Waals surface area contributed by atoms with Crippen LogP contribution in [0.4, 0.5) is 4.39 Å². The number of fused-ring (bicyclic) bond motifs is 2. The summed E-state index contributed by atoms with van der Waals surface area (Å²) in [5.74, 6) is 2.88. The Hall–Kier alpha value is -0.890. The van der Waals surface area contributed by atoms with E-state index < -0.39 is 0 Å². The van der Waals surface area contributed by atoms with Gasteiger partial charge in [0, 0.05) is 6.61 Å². The van der Waals surface area contributed by atoms with Crippen molar-refractivity contribution in [1.29, 1.82) is 0 Å². The van der Waals surface area contributed by atoms with E-state index in [1.165, 1.54) is 37.7 Å². The van der Waals surface area contributed by atoms with Gasteiger partial charge in [0.1, 0.15) is 5.82 Å². The molecule has 0 heterocycles. The van der Waals surface area contributed by atoms with Crippen LogP contribution >= 0.6 is 0 Å². The molecule has 2 heteroatoms. The van der Waals surface area contributed by atoms with Crippen molar-refractivity contribution >= 4 is 0 Å². The quantitative estimate of drug-likeness (QED) is 0.602. The Balaban J connectivity index is 1.43. The normalized spacial score (nSPS) is 34.2. The molecule has 3 aliphatic rings. The van der Waals surface area contributed by atoms with Crippen molar-refractivity contribution in [3.8, 4) is 0 Å². The van der Waals surface area contributed by atoms with Gasteiger partial charge in [0.15, 0.2) is 0 Å². The molecule has 5 atom stereocenters. The molecule has 0 radical (unpaired) electrons. The molecule has 0 amide bonds. The largest absolute Gasteiger partial charge is 0.378 e. The van der Waals surface area contributed by atoms with Crippen molar-refractivity contribution in [2.45, 2.75) is 90.1 Å². The second-order valence-electron chi connectivity index (χ2n) is 9.29. The number of hydrogen-bond acceptors (Lipinski definition) is 1. The minimum absolute atomic E-state index is 0.151. The fourth-order valence-corrected chi connectivity index (χ4v) is 5.89. The maximum absolute atomic E-state index is 15.3. The summed E-state index contributed by atoms with van der Waals surface area (Å²) in [6.07, 6.45) is 12.1. The van der Waals surface area contributed by atoms with Crippen LogP contribution in [0.5, 0.6) is 0 Å². The maximum atomic E-state index is 15.3. The maximum Gasteiger partial charge on any atom is 0.130 e. The van der Waals surface area contributed by atoms with Gasteiger partial charge in [0.2, 0.25) is 0 Å². The third-order valence-corrected chi connectivity index (χ3v) is 7.39. The molecule has 144 valence electrons. The molecule has 0 spiro atoms. The van der Waals surface area contributed by atoms with Gasteiger partial charge in [0.05, 0.1) is 6.10 Å². The molecule has 0 aromatic heterocycles. The molecule has 26 heavy (non-hydrogen) atoms. The first-order valence-electron chi connectivity index (χ1n) is 11.1. The van der Waals surface area contributed by atoms with Crippen LogP contribution in [0, 0.1) is 23.6 Å². The van der Waals surface area contributed by atoms with Crippen LogP contribution < -0.4 is 0 Å². The molecule has 0 bridgehead atoms. The van der Waals surface area contributed by atoms with Gasteiger partial charge in [-0.05, 0) is 105 Å². The number of rotatable bonds is 4. The first-order valence-corrected chi connectivity index (χ1v) is 11.1.